The van der Waals surface area contributed by atoms with Crippen LogP contribution in [0.3, 0.4) is 0 Å². The van der Waals surface area contributed by atoms with Gasteiger partial charge in [-0.05, 0) is 46.3 Å². The van der Waals surface area contributed by atoms with Gasteiger partial charge in [0.25, 0.3) is 0 Å². The molecule has 0 radical (unpaired) electrons. The third-order valence-electron chi connectivity index (χ3n) is 2.64. The number of anilines is 2. The van der Waals surface area contributed by atoms with Crippen LogP contribution < -0.4 is 5.32 Å². The quantitative estimate of drug-likeness (QED) is 0.679. The van der Waals surface area contributed by atoms with Crippen LogP contribution in [0.25, 0.3) is 0 Å². The van der Waals surface area contributed by atoms with Crippen molar-refractivity contribution in [1.29, 1.82) is 0 Å². The molecule has 0 bridgehead atoms. The van der Waals surface area contributed by atoms with Gasteiger partial charge >= 0.3 is 12.4 Å². The summed E-state index contributed by atoms with van der Waals surface area (Å²) in [6.45, 7) is 0. The van der Waals surface area contributed by atoms with E-state index in [2.05, 4.69) is 26.2 Å². The van der Waals surface area contributed by atoms with Gasteiger partial charge in [-0.25, -0.2) is 4.98 Å². The number of benzene rings is 1. The molecule has 0 aliphatic heterocycles. The molecular weight excluding hydrogens is 378 g/mol. The van der Waals surface area contributed by atoms with Crippen LogP contribution in [0, 0.1) is 0 Å². The van der Waals surface area contributed by atoms with E-state index in [0.29, 0.717) is 6.20 Å². The zero-order valence-corrected chi connectivity index (χ0v) is 12.1. The predicted octanol–water partition coefficient (Wildman–Crippen LogP) is 5.63. The topological polar surface area (TPSA) is 24.9 Å². The van der Waals surface area contributed by atoms with E-state index in [-0.39, 0.29) is 16.0 Å². The minimum atomic E-state index is -4.53. The van der Waals surface area contributed by atoms with Gasteiger partial charge in [0, 0.05) is 11.9 Å². The van der Waals surface area contributed by atoms with Gasteiger partial charge in [-0.3, -0.25) is 0 Å². The van der Waals surface area contributed by atoms with Crippen LogP contribution in [-0.4, -0.2) is 4.98 Å². The molecule has 0 atom stereocenters. The Morgan fingerprint density at radius 1 is 0.864 bits per heavy atom. The van der Waals surface area contributed by atoms with Crippen LogP contribution in [0.1, 0.15) is 11.1 Å². The van der Waals surface area contributed by atoms with Gasteiger partial charge in [0.15, 0.2) is 0 Å². The smallest absolute Gasteiger partial charge is 0.339 e. The van der Waals surface area contributed by atoms with Crippen LogP contribution in [0.4, 0.5) is 37.8 Å². The highest BCUT2D eigenvalue weighted by Gasteiger charge is 2.32. The van der Waals surface area contributed by atoms with E-state index in [9.17, 15) is 26.3 Å². The van der Waals surface area contributed by atoms with E-state index in [1.807, 2.05) is 0 Å². The highest BCUT2D eigenvalue weighted by atomic mass is 79.9. The zero-order chi connectivity index (χ0) is 16.5. The first-order valence-corrected chi connectivity index (χ1v) is 6.54. The van der Waals surface area contributed by atoms with Gasteiger partial charge in [0.2, 0.25) is 0 Å². The van der Waals surface area contributed by atoms with E-state index in [1.54, 1.807) is 0 Å². The van der Waals surface area contributed by atoms with Crippen LogP contribution in [0.5, 0.6) is 0 Å². The largest absolute Gasteiger partial charge is 0.417 e. The van der Waals surface area contributed by atoms with E-state index in [1.165, 1.54) is 0 Å². The van der Waals surface area contributed by atoms with Crippen molar-refractivity contribution in [3.8, 4) is 0 Å². The molecule has 0 saturated carbocycles. The Labute approximate surface area is 129 Å². The highest BCUT2D eigenvalue weighted by Crippen LogP contribution is 2.34. The molecule has 0 aliphatic carbocycles. The monoisotopic (exact) mass is 384 g/mol. The van der Waals surface area contributed by atoms with Crippen molar-refractivity contribution in [2.45, 2.75) is 12.4 Å². The van der Waals surface area contributed by atoms with Crippen molar-refractivity contribution in [1.82, 2.24) is 4.98 Å². The lowest BCUT2D eigenvalue weighted by atomic mass is 10.2. The van der Waals surface area contributed by atoms with Crippen molar-refractivity contribution >= 4 is 27.4 Å². The van der Waals surface area contributed by atoms with Crippen molar-refractivity contribution in [2.75, 3.05) is 5.32 Å². The Morgan fingerprint density at radius 2 is 1.41 bits per heavy atom. The fraction of sp³-hybridized carbons (Fsp3) is 0.154. The lowest BCUT2D eigenvalue weighted by Crippen LogP contribution is -2.07. The van der Waals surface area contributed by atoms with Crippen LogP contribution >= 0.6 is 15.9 Å². The Hall–Kier alpha value is -1.77. The summed E-state index contributed by atoms with van der Waals surface area (Å²) in [7, 11) is 0. The molecule has 0 aliphatic rings. The summed E-state index contributed by atoms with van der Waals surface area (Å²) in [6, 6.07) is 4.88. The molecule has 0 saturated heterocycles. The molecule has 22 heavy (non-hydrogen) atoms. The summed E-state index contributed by atoms with van der Waals surface area (Å²) >= 11 is 2.94. The van der Waals surface area contributed by atoms with Crippen molar-refractivity contribution in [2.24, 2.45) is 0 Å². The lowest BCUT2D eigenvalue weighted by molar-refractivity contribution is -0.138. The first kappa shape index (κ1) is 16.6. The second-order valence-corrected chi connectivity index (χ2v) is 5.11. The summed E-state index contributed by atoms with van der Waals surface area (Å²) in [5.41, 5.74) is -1.49. The van der Waals surface area contributed by atoms with Crippen molar-refractivity contribution in [3.63, 3.8) is 0 Å². The molecule has 2 aromatic rings. The number of halogens is 7. The molecule has 1 N–H and O–H groups in total. The minimum absolute atomic E-state index is 0.0437. The number of rotatable bonds is 2. The van der Waals surface area contributed by atoms with Gasteiger partial charge in [0.05, 0.1) is 15.6 Å². The fourth-order valence-electron chi connectivity index (χ4n) is 1.56. The second-order valence-electron chi connectivity index (χ2n) is 4.25. The number of nitrogens with one attached hydrogen (secondary N) is 1. The van der Waals surface area contributed by atoms with Gasteiger partial charge in [0.1, 0.15) is 5.82 Å². The Bertz CT molecular complexity index is 664. The summed E-state index contributed by atoms with van der Waals surface area (Å²) in [6.07, 6.45) is -8.34. The molecule has 0 unspecified atom stereocenters. The molecule has 1 aromatic heterocycles. The fourth-order valence-corrected chi connectivity index (χ4v) is 2.01. The van der Waals surface area contributed by atoms with Crippen molar-refractivity contribution in [3.05, 3.63) is 52.1 Å². The SMILES string of the molecule is FC(F)(F)c1ccc(Nc2ncc(C(F)(F)F)cc2Br)cc1. The van der Waals surface area contributed by atoms with Crippen LogP contribution in [0.2, 0.25) is 0 Å². The number of hydrogen-bond acceptors (Lipinski definition) is 2. The van der Waals surface area contributed by atoms with Gasteiger partial charge < -0.3 is 5.32 Å². The first-order chi connectivity index (χ1) is 10.1. The van der Waals surface area contributed by atoms with Crippen molar-refractivity contribution < 1.29 is 26.3 Å². The minimum Gasteiger partial charge on any atom is -0.339 e. The van der Waals surface area contributed by atoms with E-state index < -0.39 is 23.5 Å². The van der Waals surface area contributed by atoms with Crippen LogP contribution in [0.15, 0.2) is 41.0 Å². The Balaban J connectivity index is 2.21. The number of alkyl halides is 6. The summed E-state index contributed by atoms with van der Waals surface area (Å²) in [5.74, 6) is 0.0627. The molecule has 9 heteroatoms. The van der Waals surface area contributed by atoms with Crippen LogP contribution in [-0.2, 0) is 12.4 Å². The number of hydrogen-bond donors (Lipinski definition) is 1. The number of pyridine rings is 1. The summed E-state index contributed by atoms with van der Waals surface area (Å²) in [5, 5.41) is 2.64. The molecule has 1 aromatic carbocycles. The molecular formula is C13H7BrF6N2. The highest BCUT2D eigenvalue weighted by molar-refractivity contribution is 9.10. The summed E-state index contributed by atoms with van der Waals surface area (Å²) < 4.78 is 74.8. The maximum Gasteiger partial charge on any atom is 0.417 e. The molecule has 2 rings (SSSR count). The maximum absolute atomic E-state index is 12.5. The average molecular weight is 385 g/mol. The molecule has 1 heterocycles. The second kappa shape index (κ2) is 5.79. The van der Waals surface area contributed by atoms with E-state index in [4.69, 9.17) is 0 Å². The molecule has 2 nitrogen and oxygen atoms in total. The molecule has 0 spiro atoms. The average Bonchev–Trinajstić information content (AvgIpc) is 2.39. The van der Waals surface area contributed by atoms with Gasteiger partial charge in [-0.15, -0.1) is 0 Å². The third kappa shape index (κ3) is 3.90. The summed E-state index contributed by atoms with van der Waals surface area (Å²) in [4.78, 5) is 3.61. The van der Waals surface area contributed by atoms with E-state index in [0.717, 1.165) is 30.3 Å². The Morgan fingerprint density at radius 3 is 1.86 bits per heavy atom. The van der Waals surface area contributed by atoms with Gasteiger partial charge in [-0.1, -0.05) is 0 Å². The standard InChI is InChI=1S/C13H7BrF6N2/c14-10-5-8(13(18,19)20)6-21-11(10)22-9-3-1-7(2-4-9)12(15,16)17/h1-6H,(H,21,22). The molecule has 0 fully saturated rings. The first-order valence-electron chi connectivity index (χ1n) is 5.74. The third-order valence-corrected chi connectivity index (χ3v) is 3.25. The molecule has 0 amide bonds. The number of aromatic nitrogens is 1. The normalized spacial score (nSPS) is 12.3. The van der Waals surface area contributed by atoms with Gasteiger partial charge in [-0.2, -0.15) is 26.3 Å². The van der Waals surface area contributed by atoms with E-state index >= 15 is 0 Å². The lowest BCUT2D eigenvalue weighted by Gasteiger charge is -2.12. The predicted molar refractivity (Wildman–Crippen MR) is 71.7 cm³/mol. The maximum atomic E-state index is 12.5. The number of nitrogens with zero attached hydrogens (tertiary/aromatic N) is 1. The Kier molecular flexibility index (Phi) is 4.37. The zero-order valence-electron chi connectivity index (χ0n) is 10.6. The molecule has 118 valence electrons.